The second-order valence-electron chi connectivity index (χ2n) is 6.32. The van der Waals surface area contributed by atoms with Crippen molar-refractivity contribution >= 4 is 16.9 Å². The Bertz CT molecular complexity index is 851. The Morgan fingerprint density at radius 1 is 1.12 bits per heavy atom. The third-order valence-electron chi connectivity index (χ3n) is 4.39. The molecule has 0 atom stereocenters. The smallest absolute Gasteiger partial charge is 0.191 e. The van der Waals surface area contributed by atoms with E-state index in [9.17, 15) is 0 Å². The number of aromatic amines is 1. The molecule has 0 saturated carbocycles. The van der Waals surface area contributed by atoms with Crippen LogP contribution in [0.1, 0.15) is 23.7 Å². The monoisotopic (exact) mass is 349 g/mol. The molecule has 26 heavy (non-hydrogen) atoms. The van der Waals surface area contributed by atoms with E-state index in [1.165, 1.54) is 22.0 Å². The summed E-state index contributed by atoms with van der Waals surface area (Å²) in [6.45, 7) is 6.66. The molecule has 0 bridgehead atoms. The van der Waals surface area contributed by atoms with E-state index in [0.717, 1.165) is 44.1 Å². The van der Waals surface area contributed by atoms with E-state index >= 15 is 0 Å². The van der Waals surface area contributed by atoms with Crippen LogP contribution in [0.4, 0.5) is 0 Å². The van der Waals surface area contributed by atoms with Crippen LogP contribution in [0.5, 0.6) is 0 Å². The van der Waals surface area contributed by atoms with Gasteiger partial charge in [0, 0.05) is 55.0 Å². The molecule has 2 aromatic heterocycles. The zero-order chi connectivity index (χ0) is 18.2. The lowest BCUT2D eigenvalue weighted by Gasteiger charge is -2.11. The van der Waals surface area contributed by atoms with Gasteiger partial charge in [0.25, 0.3) is 0 Å². The van der Waals surface area contributed by atoms with Crippen LogP contribution in [0, 0.1) is 6.92 Å². The average Bonchev–Trinajstić information content (AvgIpc) is 3.07. The van der Waals surface area contributed by atoms with Gasteiger partial charge in [-0.3, -0.25) is 9.98 Å². The zero-order valence-corrected chi connectivity index (χ0v) is 15.5. The average molecular weight is 349 g/mol. The largest absolute Gasteiger partial charge is 0.361 e. The van der Waals surface area contributed by atoms with Crippen molar-refractivity contribution in [2.45, 2.75) is 26.7 Å². The Morgan fingerprint density at radius 2 is 2.04 bits per heavy atom. The van der Waals surface area contributed by atoms with E-state index in [0.29, 0.717) is 0 Å². The second kappa shape index (κ2) is 9.04. The van der Waals surface area contributed by atoms with E-state index in [4.69, 9.17) is 0 Å². The summed E-state index contributed by atoms with van der Waals surface area (Å²) >= 11 is 0. The van der Waals surface area contributed by atoms with E-state index in [1.807, 2.05) is 24.4 Å². The SMILES string of the molecule is CCNC(=NCCc1ccccn1)NCCc1c[nH]c2cccc(C)c12. The molecule has 0 saturated heterocycles. The van der Waals surface area contributed by atoms with Crippen molar-refractivity contribution in [3.05, 3.63) is 65.6 Å². The summed E-state index contributed by atoms with van der Waals surface area (Å²) in [5.74, 6) is 0.861. The molecule has 3 aromatic rings. The van der Waals surface area contributed by atoms with Crippen LogP contribution in [-0.2, 0) is 12.8 Å². The number of fused-ring (bicyclic) bond motifs is 1. The number of hydrogen-bond acceptors (Lipinski definition) is 2. The Balaban J connectivity index is 1.55. The number of aryl methyl sites for hydroxylation is 1. The van der Waals surface area contributed by atoms with Gasteiger partial charge in [0.1, 0.15) is 0 Å². The summed E-state index contributed by atoms with van der Waals surface area (Å²) in [6.07, 6.45) is 5.74. The van der Waals surface area contributed by atoms with Gasteiger partial charge in [0.05, 0.1) is 0 Å². The maximum absolute atomic E-state index is 4.65. The Morgan fingerprint density at radius 3 is 2.85 bits per heavy atom. The van der Waals surface area contributed by atoms with Gasteiger partial charge in [-0.1, -0.05) is 18.2 Å². The molecule has 0 aliphatic carbocycles. The van der Waals surface area contributed by atoms with Gasteiger partial charge in [-0.25, -0.2) is 0 Å². The van der Waals surface area contributed by atoms with Gasteiger partial charge in [-0.2, -0.15) is 0 Å². The minimum absolute atomic E-state index is 0.721. The molecule has 0 spiro atoms. The summed E-state index contributed by atoms with van der Waals surface area (Å²) < 4.78 is 0. The van der Waals surface area contributed by atoms with Crippen molar-refractivity contribution in [2.75, 3.05) is 19.6 Å². The lowest BCUT2D eigenvalue weighted by Crippen LogP contribution is -2.38. The van der Waals surface area contributed by atoms with Gasteiger partial charge in [-0.15, -0.1) is 0 Å². The molecule has 3 rings (SSSR count). The highest BCUT2D eigenvalue weighted by molar-refractivity contribution is 5.86. The number of nitrogens with zero attached hydrogens (tertiary/aromatic N) is 2. The minimum Gasteiger partial charge on any atom is -0.361 e. The van der Waals surface area contributed by atoms with Crippen molar-refractivity contribution in [3.63, 3.8) is 0 Å². The van der Waals surface area contributed by atoms with Crippen molar-refractivity contribution in [1.29, 1.82) is 0 Å². The lowest BCUT2D eigenvalue weighted by atomic mass is 10.1. The Hall–Kier alpha value is -2.82. The maximum Gasteiger partial charge on any atom is 0.191 e. The van der Waals surface area contributed by atoms with Crippen LogP contribution in [0.2, 0.25) is 0 Å². The van der Waals surface area contributed by atoms with Gasteiger partial charge in [-0.05, 0) is 49.6 Å². The molecule has 5 heteroatoms. The van der Waals surface area contributed by atoms with Crippen LogP contribution in [0.3, 0.4) is 0 Å². The molecule has 1 aromatic carbocycles. The summed E-state index contributed by atoms with van der Waals surface area (Å²) in [7, 11) is 0. The Kier molecular flexibility index (Phi) is 6.25. The minimum atomic E-state index is 0.721. The number of hydrogen-bond donors (Lipinski definition) is 3. The summed E-state index contributed by atoms with van der Waals surface area (Å²) in [5.41, 5.74) is 4.93. The van der Waals surface area contributed by atoms with E-state index < -0.39 is 0 Å². The lowest BCUT2D eigenvalue weighted by molar-refractivity contribution is 0.796. The van der Waals surface area contributed by atoms with Gasteiger partial charge >= 0.3 is 0 Å². The number of nitrogens with one attached hydrogen (secondary N) is 3. The van der Waals surface area contributed by atoms with Crippen molar-refractivity contribution in [2.24, 2.45) is 4.99 Å². The number of pyridine rings is 1. The number of aliphatic imine (C=N–C) groups is 1. The molecule has 2 heterocycles. The number of aromatic nitrogens is 2. The molecule has 5 nitrogen and oxygen atoms in total. The summed E-state index contributed by atoms with van der Waals surface area (Å²) in [5, 5.41) is 8.08. The highest BCUT2D eigenvalue weighted by Gasteiger charge is 2.06. The number of guanidine groups is 1. The standard InChI is InChI=1S/C21H27N5/c1-3-22-21(25-14-11-18-8-4-5-12-23-18)24-13-10-17-15-26-19-9-6-7-16(2)20(17)19/h4-9,12,15,26H,3,10-11,13-14H2,1-2H3,(H2,22,24,25). The summed E-state index contributed by atoms with van der Waals surface area (Å²) in [6, 6.07) is 12.4. The molecule has 0 aliphatic heterocycles. The number of rotatable bonds is 7. The van der Waals surface area contributed by atoms with E-state index in [-0.39, 0.29) is 0 Å². The predicted molar refractivity (Wildman–Crippen MR) is 109 cm³/mol. The predicted octanol–water partition coefficient (Wildman–Crippen LogP) is 3.21. The fourth-order valence-corrected chi connectivity index (χ4v) is 3.13. The van der Waals surface area contributed by atoms with Crippen molar-refractivity contribution in [3.8, 4) is 0 Å². The molecule has 0 unspecified atom stereocenters. The van der Waals surface area contributed by atoms with Gasteiger partial charge in [0.15, 0.2) is 5.96 Å². The van der Waals surface area contributed by atoms with Crippen LogP contribution in [0.15, 0.2) is 53.8 Å². The molecular weight excluding hydrogens is 322 g/mol. The second-order valence-corrected chi connectivity index (χ2v) is 6.32. The van der Waals surface area contributed by atoms with E-state index in [2.05, 4.69) is 63.8 Å². The highest BCUT2D eigenvalue weighted by atomic mass is 15.2. The zero-order valence-electron chi connectivity index (χ0n) is 15.5. The maximum atomic E-state index is 4.65. The first-order valence-corrected chi connectivity index (χ1v) is 9.25. The first kappa shape index (κ1) is 18.0. The first-order valence-electron chi connectivity index (χ1n) is 9.25. The van der Waals surface area contributed by atoms with Gasteiger partial charge in [0.2, 0.25) is 0 Å². The van der Waals surface area contributed by atoms with Crippen LogP contribution < -0.4 is 10.6 Å². The molecular formula is C21H27N5. The third-order valence-corrected chi connectivity index (χ3v) is 4.39. The topological polar surface area (TPSA) is 65.1 Å². The fraction of sp³-hybridized carbons (Fsp3) is 0.333. The van der Waals surface area contributed by atoms with Crippen molar-refractivity contribution in [1.82, 2.24) is 20.6 Å². The normalized spacial score (nSPS) is 11.7. The van der Waals surface area contributed by atoms with Crippen LogP contribution in [0.25, 0.3) is 10.9 Å². The highest BCUT2D eigenvalue weighted by Crippen LogP contribution is 2.22. The Labute approximate surface area is 155 Å². The van der Waals surface area contributed by atoms with Crippen LogP contribution in [-0.4, -0.2) is 35.6 Å². The third kappa shape index (κ3) is 4.63. The fourth-order valence-electron chi connectivity index (χ4n) is 3.13. The molecule has 0 aliphatic rings. The van der Waals surface area contributed by atoms with Gasteiger partial charge < -0.3 is 15.6 Å². The van der Waals surface area contributed by atoms with E-state index in [1.54, 1.807) is 0 Å². The van der Waals surface area contributed by atoms with Crippen molar-refractivity contribution < 1.29 is 0 Å². The molecule has 136 valence electrons. The molecule has 3 N–H and O–H groups in total. The number of benzene rings is 1. The van der Waals surface area contributed by atoms with Crippen LogP contribution >= 0.6 is 0 Å². The molecule has 0 amide bonds. The molecule has 0 fully saturated rings. The number of H-pyrrole nitrogens is 1. The quantitative estimate of drug-likeness (QED) is 0.453. The summed E-state index contributed by atoms with van der Waals surface area (Å²) in [4.78, 5) is 12.4. The first-order chi connectivity index (χ1) is 12.8. The molecule has 0 radical (unpaired) electrons.